The van der Waals surface area contributed by atoms with Gasteiger partial charge in [0.15, 0.2) is 0 Å². The van der Waals surface area contributed by atoms with E-state index < -0.39 is 5.97 Å². The Labute approximate surface area is 180 Å². The van der Waals surface area contributed by atoms with Gasteiger partial charge in [0, 0.05) is 36.1 Å². The first-order chi connectivity index (χ1) is 14.2. The number of fused-ring (bicyclic) bond motifs is 1. The summed E-state index contributed by atoms with van der Waals surface area (Å²) in [6, 6.07) is 12.3. The Kier molecular flexibility index (Phi) is 5.29. The average Bonchev–Trinajstić information content (AvgIpc) is 3.50. The van der Waals surface area contributed by atoms with Gasteiger partial charge in [-0.1, -0.05) is 32.0 Å². The summed E-state index contributed by atoms with van der Waals surface area (Å²) in [7, 11) is 0. The minimum atomic E-state index is -1.12. The third kappa shape index (κ3) is 3.80. The molecule has 0 N–H and O–H groups in total. The van der Waals surface area contributed by atoms with E-state index >= 15 is 0 Å². The third-order valence-corrected chi connectivity index (χ3v) is 6.80. The summed E-state index contributed by atoms with van der Waals surface area (Å²) in [4.78, 5) is 16.6. The highest BCUT2D eigenvalue weighted by Crippen LogP contribution is 2.46. The van der Waals surface area contributed by atoms with E-state index in [0.29, 0.717) is 12.0 Å². The number of carbonyl (C=O) groups is 1. The van der Waals surface area contributed by atoms with Gasteiger partial charge in [-0.25, -0.2) is 0 Å². The van der Waals surface area contributed by atoms with Crippen LogP contribution in [0, 0.1) is 12.8 Å². The molecule has 0 atom stereocenters. The number of hydrogen-bond donors (Lipinski definition) is 0. The number of carbonyl (C=O) groups excluding carboxylic acids is 1. The van der Waals surface area contributed by atoms with Crippen molar-refractivity contribution in [2.24, 2.45) is 5.92 Å². The number of anilines is 3. The highest BCUT2D eigenvalue weighted by Gasteiger charge is 2.34. The summed E-state index contributed by atoms with van der Waals surface area (Å²) in [5, 5.41) is 11.9. The zero-order chi connectivity index (χ0) is 21.6. The molecule has 0 unspecified atom stereocenters. The van der Waals surface area contributed by atoms with Gasteiger partial charge >= 0.3 is 0 Å². The van der Waals surface area contributed by atoms with Crippen molar-refractivity contribution in [3.05, 3.63) is 53.1 Å². The first-order valence-electron chi connectivity index (χ1n) is 11.2. The lowest BCUT2D eigenvalue weighted by molar-refractivity contribution is -0.254. The fourth-order valence-electron chi connectivity index (χ4n) is 4.71. The molecule has 30 heavy (non-hydrogen) atoms. The Morgan fingerprint density at radius 3 is 2.53 bits per heavy atom. The van der Waals surface area contributed by atoms with Crippen LogP contribution in [0.5, 0.6) is 0 Å². The third-order valence-electron chi connectivity index (χ3n) is 6.80. The summed E-state index contributed by atoms with van der Waals surface area (Å²) in [5.74, 6) is -0.497. The van der Waals surface area contributed by atoms with Gasteiger partial charge in [0.1, 0.15) is 0 Å². The number of aromatic carboxylic acids is 1. The Morgan fingerprint density at radius 2 is 1.90 bits per heavy atom. The van der Waals surface area contributed by atoms with Gasteiger partial charge < -0.3 is 19.7 Å². The van der Waals surface area contributed by atoms with E-state index in [9.17, 15) is 9.90 Å². The van der Waals surface area contributed by atoms with Crippen LogP contribution in [0.2, 0.25) is 0 Å². The molecular weight excluding hydrogens is 372 g/mol. The quantitative estimate of drug-likeness (QED) is 0.692. The number of aryl methyl sites for hydroxylation is 1. The fourth-order valence-corrected chi connectivity index (χ4v) is 4.71. The first kappa shape index (κ1) is 20.8. The second-order valence-electron chi connectivity index (χ2n) is 9.94. The van der Waals surface area contributed by atoms with Crippen LogP contribution < -0.4 is 14.9 Å². The summed E-state index contributed by atoms with van der Waals surface area (Å²) in [6.45, 7) is 13.2. The highest BCUT2D eigenvalue weighted by molar-refractivity contribution is 5.94. The molecule has 2 aromatic rings. The van der Waals surface area contributed by atoms with E-state index in [2.05, 4.69) is 56.6 Å². The maximum absolute atomic E-state index is 11.9. The van der Waals surface area contributed by atoms with Gasteiger partial charge in [-0.2, -0.15) is 0 Å². The van der Waals surface area contributed by atoms with Crippen molar-refractivity contribution in [2.75, 3.05) is 22.9 Å². The minimum absolute atomic E-state index is 0.0856. The molecule has 1 aliphatic heterocycles. The maximum atomic E-state index is 11.9. The highest BCUT2D eigenvalue weighted by atomic mass is 16.4. The van der Waals surface area contributed by atoms with E-state index in [1.54, 1.807) is 12.1 Å². The van der Waals surface area contributed by atoms with E-state index in [-0.39, 0.29) is 11.0 Å². The maximum Gasteiger partial charge on any atom is 0.0736 e. The topological polar surface area (TPSA) is 46.6 Å². The molecule has 0 aromatic heterocycles. The summed E-state index contributed by atoms with van der Waals surface area (Å²) < 4.78 is 0. The normalized spacial score (nSPS) is 17.7. The summed E-state index contributed by atoms with van der Waals surface area (Å²) in [6.07, 6.45) is 3.53. The van der Waals surface area contributed by atoms with Gasteiger partial charge in [-0.3, -0.25) is 0 Å². The van der Waals surface area contributed by atoms with Crippen molar-refractivity contribution in [3.8, 4) is 0 Å². The first-order valence-corrected chi connectivity index (χ1v) is 11.2. The molecular formula is C26H33N2O2-. The number of nitrogens with zero attached hydrogens (tertiary/aromatic N) is 2. The summed E-state index contributed by atoms with van der Waals surface area (Å²) >= 11 is 0. The molecule has 1 heterocycles. The molecule has 2 aromatic carbocycles. The molecule has 4 rings (SSSR count). The lowest BCUT2D eigenvalue weighted by Gasteiger charge is -2.43. The lowest BCUT2D eigenvalue weighted by atomic mass is 9.76. The molecule has 1 saturated carbocycles. The van der Waals surface area contributed by atoms with Crippen molar-refractivity contribution >= 4 is 23.0 Å². The second-order valence-corrected chi connectivity index (χ2v) is 9.94. The molecule has 0 bridgehead atoms. The smallest absolute Gasteiger partial charge is 0.0736 e. The van der Waals surface area contributed by atoms with Crippen molar-refractivity contribution in [2.45, 2.75) is 65.3 Å². The molecule has 160 valence electrons. The molecule has 0 radical (unpaired) electrons. The number of carboxylic acid groups (broad SMARTS) is 1. The molecule has 2 aliphatic rings. The van der Waals surface area contributed by atoms with Gasteiger partial charge in [0.05, 0.1) is 11.7 Å². The molecule has 1 fully saturated rings. The van der Waals surface area contributed by atoms with E-state index in [1.165, 1.54) is 29.7 Å². The number of para-hydroxylation sites is 1. The molecule has 4 nitrogen and oxygen atoms in total. The zero-order valence-electron chi connectivity index (χ0n) is 18.9. The Balaban J connectivity index is 1.88. The number of rotatable bonds is 6. The monoisotopic (exact) mass is 405 g/mol. The van der Waals surface area contributed by atoms with Gasteiger partial charge in [-0.05, 0) is 80.7 Å². The zero-order valence-corrected chi connectivity index (χ0v) is 18.9. The predicted octanol–water partition coefficient (Wildman–Crippen LogP) is 4.80. The molecule has 0 amide bonds. The van der Waals surface area contributed by atoms with Crippen LogP contribution in [0.4, 0.5) is 17.1 Å². The Morgan fingerprint density at radius 1 is 1.20 bits per heavy atom. The second kappa shape index (κ2) is 7.64. The number of hydrogen-bond acceptors (Lipinski definition) is 4. The van der Waals surface area contributed by atoms with Crippen LogP contribution in [0.3, 0.4) is 0 Å². The van der Waals surface area contributed by atoms with Crippen LogP contribution in [-0.2, 0) is 5.41 Å². The van der Waals surface area contributed by atoms with Crippen LogP contribution in [0.15, 0.2) is 36.4 Å². The Bertz CT molecular complexity index is 960. The minimum Gasteiger partial charge on any atom is -0.545 e. The molecule has 4 heteroatoms. The lowest BCUT2D eigenvalue weighted by Crippen LogP contribution is -2.41. The van der Waals surface area contributed by atoms with E-state index in [4.69, 9.17) is 0 Å². The van der Waals surface area contributed by atoms with Crippen LogP contribution in [0.1, 0.15) is 68.4 Å². The molecule has 1 aliphatic carbocycles. The molecule has 0 saturated heterocycles. The van der Waals surface area contributed by atoms with Crippen LogP contribution in [-0.4, -0.2) is 25.1 Å². The molecule has 0 spiro atoms. The van der Waals surface area contributed by atoms with Gasteiger partial charge in [-0.15, -0.1) is 0 Å². The SMILES string of the molecule is Cc1cc2c(cc1N(CC1CC1)c1ccccc1C(=O)[O-])C(C)(C)CCN2C(C)C. The van der Waals surface area contributed by atoms with Gasteiger partial charge in [0.2, 0.25) is 0 Å². The van der Waals surface area contributed by atoms with Gasteiger partial charge in [0.25, 0.3) is 0 Å². The van der Waals surface area contributed by atoms with Crippen molar-refractivity contribution in [1.82, 2.24) is 0 Å². The van der Waals surface area contributed by atoms with E-state index in [0.717, 1.165) is 30.9 Å². The van der Waals surface area contributed by atoms with Crippen LogP contribution >= 0.6 is 0 Å². The predicted molar refractivity (Wildman–Crippen MR) is 122 cm³/mol. The van der Waals surface area contributed by atoms with E-state index in [1.807, 2.05) is 12.1 Å². The van der Waals surface area contributed by atoms with Crippen molar-refractivity contribution < 1.29 is 9.90 Å². The van der Waals surface area contributed by atoms with Crippen molar-refractivity contribution in [3.63, 3.8) is 0 Å². The number of benzene rings is 2. The van der Waals surface area contributed by atoms with Crippen molar-refractivity contribution in [1.29, 1.82) is 0 Å². The largest absolute Gasteiger partial charge is 0.545 e. The number of carboxylic acids is 1. The van der Waals surface area contributed by atoms with Crippen LogP contribution in [0.25, 0.3) is 0 Å². The standard InChI is InChI=1S/C26H34N2O2/c1-17(2)27-13-12-26(4,5)21-15-23(18(3)14-24(21)27)28(16-19-10-11-19)22-9-7-6-8-20(22)25(29)30/h6-9,14-15,17,19H,10-13,16H2,1-5H3,(H,29,30)/p-1. The Hall–Kier alpha value is -2.49. The average molecular weight is 406 g/mol. The fraction of sp³-hybridized carbons (Fsp3) is 0.500. The summed E-state index contributed by atoms with van der Waals surface area (Å²) in [5.41, 5.74) is 6.07.